The number of ether oxygens (including phenoxy) is 1. The second-order valence-electron chi connectivity index (χ2n) is 5.18. The van der Waals surface area contributed by atoms with Crippen LogP contribution in [-0.2, 0) is 15.5 Å². The molecule has 0 bridgehead atoms. The lowest BCUT2D eigenvalue weighted by molar-refractivity contribution is 0.217. The SMILES string of the molecule is CCCNC(CS(=O)CCOC)C(C)(C)C. The molecular formula is C12H27NO2S. The van der Waals surface area contributed by atoms with Crippen LogP contribution >= 0.6 is 0 Å². The van der Waals surface area contributed by atoms with Crippen LogP contribution in [0.25, 0.3) is 0 Å². The van der Waals surface area contributed by atoms with Crippen LogP contribution in [0.1, 0.15) is 34.1 Å². The molecule has 0 saturated heterocycles. The minimum Gasteiger partial charge on any atom is -0.384 e. The zero-order chi connectivity index (χ0) is 12.6. The Morgan fingerprint density at radius 3 is 2.44 bits per heavy atom. The second-order valence-corrected chi connectivity index (χ2v) is 6.80. The molecule has 2 atom stereocenters. The molecule has 0 rings (SSSR count). The maximum absolute atomic E-state index is 11.8. The normalized spacial score (nSPS) is 16.1. The Bertz CT molecular complexity index is 202. The Kier molecular flexibility index (Phi) is 8.24. The summed E-state index contributed by atoms with van der Waals surface area (Å²) < 4.78 is 16.8. The van der Waals surface area contributed by atoms with Crippen LogP contribution in [-0.4, -0.2) is 42.0 Å². The fourth-order valence-corrected chi connectivity index (χ4v) is 2.89. The summed E-state index contributed by atoms with van der Waals surface area (Å²) in [4.78, 5) is 0. The zero-order valence-electron chi connectivity index (χ0n) is 11.3. The number of methoxy groups -OCH3 is 1. The van der Waals surface area contributed by atoms with Crippen molar-refractivity contribution >= 4 is 10.8 Å². The van der Waals surface area contributed by atoms with E-state index in [2.05, 4.69) is 33.0 Å². The third-order valence-corrected chi connectivity index (χ3v) is 3.88. The molecule has 0 fully saturated rings. The Labute approximate surface area is 103 Å². The first-order valence-corrected chi connectivity index (χ1v) is 7.48. The van der Waals surface area contributed by atoms with E-state index in [0.717, 1.165) is 13.0 Å². The highest BCUT2D eigenvalue weighted by molar-refractivity contribution is 7.85. The van der Waals surface area contributed by atoms with Gasteiger partial charge in [-0.2, -0.15) is 0 Å². The Morgan fingerprint density at radius 1 is 1.38 bits per heavy atom. The molecule has 0 aliphatic rings. The summed E-state index contributed by atoms with van der Waals surface area (Å²) in [5.41, 5.74) is 0.151. The minimum atomic E-state index is -0.787. The number of rotatable bonds is 8. The lowest BCUT2D eigenvalue weighted by Crippen LogP contribution is -2.45. The van der Waals surface area contributed by atoms with Gasteiger partial charge in [-0.05, 0) is 18.4 Å². The lowest BCUT2D eigenvalue weighted by atomic mass is 9.88. The predicted octanol–water partition coefficient (Wildman–Crippen LogP) is 1.80. The molecule has 2 unspecified atom stereocenters. The van der Waals surface area contributed by atoms with Gasteiger partial charge in [0.1, 0.15) is 0 Å². The lowest BCUT2D eigenvalue weighted by Gasteiger charge is -2.31. The minimum absolute atomic E-state index is 0.151. The van der Waals surface area contributed by atoms with E-state index in [1.807, 2.05) is 0 Å². The standard InChI is InChI=1S/C12H27NO2S/c1-6-7-13-11(12(2,3)4)10-16(14)9-8-15-5/h11,13H,6-10H2,1-5H3. The van der Waals surface area contributed by atoms with Gasteiger partial charge in [-0.15, -0.1) is 0 Å². The van der Waals surface area contributed by atoms with Crippen molar-refractivity contribution in [3.63, 3.8) is 0 Å². The maximum Gasteiger partial charge on any atom is 0.0577 e. The van der Waals surface area contributed by atoms with Crippen LogP contribution in [0.4, 0.5) is 0 Å². The molecule has 4 heteroatoms. The quantitative estimate of drug-likeness (QED) is 0.713. The molecule has 0 aromatic rings. The van der Waals surface area contributed by atoms with Crippen molar-refractivity contribution in [1.29, 1.82) is 0 Å². The molecule has 0 spiro atoms. The van der Waals surface area contributed by atoms with Crippen molar-refractivity contribution in [1.82, 2.24) is 5.32 Å². The highest BCUT2D eigenvalue weighted by Crippen LogP contribution is 2.20. The van der Waals surface area contributed by atoms with Gasteiger partial charge in [0.05, 0.1) is 6.61 Å². The van der Waals surface area contributed by atoms with Gasteiger partial charge in [0.2, 0.25) is 0 Å². The van der Waals surface area contributed by atoms with E-state index < -0.39 is 10.8 Å². The van der Waals surface area contributed by atoms with E-state index in [1.54, 1.807) is 7.11 Å². The summed E-state index contributed by atoms with van der Waals surface area (Å²) in [6.45, 7) is 10.3. The van der Waals surface area contributed by atoms with Gasteiger partial charge < -0.3 is 10.1 Å². The molecule has 0 aliphatic heterocycles. The zero-order valence-corrected chi connectivity index (χ0v) is 12.2. The van der Waals surface area contributed by atoms with E-state index in [1.165, 1.54) is 0 Å². The molecule has 0 radical (unpaired) electrons. The van der Waals surface area contributed by atoms with Gasteiger partial charge in [0.25, 0.3) is 0 Å². The predicted molar refractivity (Wildman–Crippen MR) is 71.3 cm³/mol. The first kappa shape index (κ1) is 16.1. The maximum atomic E-state index is 11.8. The third kappa shape index (κ3) is 7.36. The average molecular weight is 249 g/mol. The van der Waals surface area contributed by atoms with Crippen molar-refractivity contribution in [3.8, 4) is 0 Å². The van der Waals surface area contributed by atoms with Crippen LogP contribution in [0.2, 0.25) is 0 Å². The van der Waals surface area contributed by atoms with Gasteiger partial charge in [-0.1, -0.05) is 27.7 Å². The van der Waals surface area contributed by atoms with Crippen molar-refractivity contribution < 1.29 is 8.95 Å². The molecule has 0 heterocycles. The van der Waals surface area contributed by atoms with Crippen molar-refractivity contribution in [3.05, 3.63) is 0 Å². The van der Waals surface area contributed by atoms with Gasteiger partial charge in [-0.3, -0.25) is 4.21 Å². The third-order valence-electron chi connectivity index (χ3n) is 2.55. The van der Waals surface area contributed by atoms with Crippen LogP contribution in [0.15, 0.2) is 0 Å². The molecule has 98 valence electrons. The van der Waals surface area contributed by atoms with Crippen molar-refractivity contribution in [2.45, 2.75) is 40.2 Å². The fraction of sp³-hybridized carbons (Fsp3) is 1.00. The van der Waals surface area contributed by atoms with E-state index in [-0.39, 0.29) is 5.41 Å². The number of hydrogen-bond acceptors (Lipinski definition) is 3. The Balaban J connectivity index is 4.15. The van der Waals surface area contributed by atoms with Gasteiger partial charge >= 0.3 is 0 Å². The molecular weight excluding hydrogens is 222 g/mol. The highest BCUT2D eigenvalue weighted by Gasteiger charge is 2.25. The summed E-state index contributed by atoms with van der Waals surface area (Å²) in [5.74, 6) is 1.35. The average Bonchev–Trinajstić information content (AvgIpc) is 2.19. The molecule has 1 N–H and O–H groups in total. The van der Waals surface area contributed by atoms with Gasteiger partial charge in [0.15, 0.2) is 0 Å². The summed E-state index contributed by atoms with van der Waals surface area (Å²) in [6, 6.07) is 0.310. The van der Waals surface area contributed by atoms with E-state index >= 15 is 0 Å². The Hall–Kier alpha value is 0.0700. The van der Waals surface area contributed by atoms with Crippen LogP contribution in [0.3, 0.4) is 0 Å². The highest BCUT2D eigenvalue weighted by atomic mass is 32.2. The van der Waals surface area contributed by atoms with Crippen LogP contribution < -0.4 is 5.32 Å². The number of nitrogens with one attached hydrogen (secondary N) is 1. The molecule has 0 aliphatic carbocycles. The van der Waals surface area contributed by atoms with Gasteiger partial charge in [0, 0.05) is 35.5 Å². The molecule has 0 saturated carbocycles. The molecule has 16 heavy (non-hydrogen) atoms. The smallest absolute Gasteiger partial charge is 0.0577 e. The second kappa shape index (κ2) is 8.20. The topological polar surface area (TPSA) is 38.3 Å². The fourth-order valence-electron chi connectivity index (χ4n) is 1.38. The molecule has 0 aromatic heterocycles. The largest absolute Gasteiger partial charge is 0.384 e. The summed E-state index contributed by atoms with van der Waals surface area (Å²) in [7, 11) is 0.859. The molecule has 3 nitrogen and oxygen atoms in total. The van der Waals surface area contributed by atoms with Gasteiger partial charge in [-0.25, -0.2) is 0 Å². The summed E-state index contributed by atoms with van der Waals surface area (Å²) >= 11 is 0. The molecule has 0 aromatic carbocycles. The summed E-state index contributed by atoms with van der Waals surface area (Å²) in [5, 5.41) is 3.48. The van der Waals surface area contributed by atoms with Crippen molar-refractivity contribution in [2.75, 3.05) is 31.8 Å². The van der Waals surface area contributed by atoms with E-state index in [9.17, 15) is 4.21 Å². The Morgan fingerprint density at radius 2 is 2.00 bits per heavy atom. The summed E-state index contributed by atoms with van der Waals surface area (Å²) in [6.07, 6.45) is 1.11. The van der Waals surface area contributed by atoms with E-state index in [4.69, 9.17) is 4.74 Å². The monoisotopic (exact) mass is 249 g/mol. The van der Waals surface area contributed by atoms with Crippen molar-refractivity contribution in [2.24, 2.45) is 5.41 Å². The molecule has 0 amide bonds. The first-order chi connectivity index (χ1) is 7.41. The van der Waals surface area contributed by atoms with E-state index in [0.29, 0.717) is 24.2 Å². The van der Waals surface area contributed by atoms with Crippen LogP contribution in [0, 0.1) is 5.41 Å². The first-order valence-electron chi connectivity index (χ1n) is 5.99. The van der Waals surface area contributed by atoms with Crippen LogP contribution in [0.5, 0.6) is 0 Å². The number of hydrogen-bond donors (Lipinski definition) is 1.